The molecule has 1 saturated heterocycles. The lowest BCUT2D eigenvalue weighted by Gasteiger charge is -2.30. The van der Waals surface area contributed by atoms with Gasteiger partial charge in [0.15, 0.2) is 0 Å². The molecule has 2 N–H and O–H groups in total. The van der Waals surface area contributed by atoms with Crippen molar-refractivity contribution in [2.75, 3.05) is 13.1 Å². The van der Waals surface area contributed by atoms with Gasteiger partial charge in [-0.25, -0.2) is 0 Å². The maximum Gasteiger partial charge on any atom is 0.222 e. The topological polar surface area (TPSA) is 46.3 Å². The normalized spacial score (nSPS) is 17.6. The summed E-state index contributed by atoms with van der Waals surface area (Å²) >= 11 is 5.15. The zero-order valence-electron chi connectivity index (χ0n) is 10.3. The molecule has 0 bridgehead atoms. The summed E-state index contributed by atoms with van der Waals surface area (Å²) in [5.41, 5.74) is 6.91. The van der Waals surface area contributed by atoms with Crippen LogP contribution >= 0.6 is 12.2 Å². The van der Waals surface area contributed by atoms with Gasteiger partial charge in [-0.1, -0.05) is 42.5 Å². The van der Waals surface area contributed by atoms with E-state index in [1.165, 1.54) is 0 Å². The van der Waals surface area contributed by atoms with Crippen LogP contribution in [0.25, 0.3) is 0 Å². The lowest BCUT2D eigenvalue weighted by atomic mass is 9.97. The number of hydrogen-bond donors (Lipinski definition) is 1. The summed E-state index contributed by atoms with van der Waals surface area (Å²) in [6, 6.07) is 9.93. The van der Waals surface area contributed by atoms with Gasteiger partial charge in [0.1, 0.15) is 0 Å². The predicted molar refractivity (Wildman–Crippen MR) is 76.4 cm³/mol. The first kappa shape index (κ1) is 13.0. The van der Waals surface area contributed by atoms with E-state index in [0.717, 1.165) is 24.9 Å². The van der Waals surface area contributed by atoms with E-state index in [1.54, 1.807) is 0 Å². The van der Waals surface area contributed by atoms with Crippen LogP contribution in [0.2, 0.25) is 0 Å². The smallest absolute Gasteiger partial charge is 0.222 e. The second-order valence-corrected chi connectivity index (χ2v) is 5.13. The minimum absolute atomic E-state index is 0.0387. The molecule has 1 atom stereocenters. The Morgan fingerprint density at radius 1 is 1.33 bits per heavy atom. The van der Waals surface area contributed by atoms with Crippen molar-refractivity contribution in [3.05, 3.63) is 35.9 Å². The first-order chi connectivity index (χ1) is 8.68. The van der Waals surface area contributed by atoms with Crippen molar-refractivity contribution in [2.24, 2.45) is 5.73 Å². The van der Waals surface area contributed by atoms with Gasteiger partial charge in [-0.05, 0) is 18.4 Å². The molecule has 1 aromatic carbocycles. The molecule has 1 aliphatic rings. The predicted octanol–water partition coefficient (Wildman–Crippen LogP) is 2.07. The average Bonchev–Trinajstić information content (AvgIpc) is 2.38. The molecule has 0 spiro atoms. The molecular formula is C14H18N2OS. The van der Waals surface area contributed by atoms with Gasteiger partial charge in [0, 0.05) is 19.5 Å². The summed E-state index contributed by atoms with van der Waals surface area (Å²) in [6.07, 6.45) is 2.72. The SMILES string of the molecule is NC(=S)C(CN1CCCCC1=O)c1ccccc1. The highest BCUT2D eigenvalue weighted by atomic mass is 32.1. The molecular weight excluding hydrogens is 244 g/mol. The van der Waals surface area contributed by atoms with Gasteiger partial charge in [0.25, 0.3) is 0 Å². The minimum atomic E-state index is -0.0387. The molecule has 96 valence electrons. The second-order valence-electron chi connectivity index (χ2n) is 4.66. The zero-order valence-corrected chi connectivity index (χ0v) is 11.2. The third-order valence-corrected chi connectivity index (χ3v) is 3.65. The number of carbonyl (C=O) groups is 1. The van der Waals surface area contributed by atoms with Gasteiger partial charge in [-0.15, -0.1) is 0 Å². The fraction of sp³-hybridized carbons (Fsp3) is 0.429. The van der Waals surface area contributed by atoms with Crippen LogP contribution in [0.3, 0.4) is 0 Å². The van der Waals surface area contributed by atoms with Crippen molar-refractivity contribution >= 4 is 23.1 Å². The van der Waals surface area contributed by atoms with Gasteiger partial charge in [0.05, 0.1) is 10.9 Å². The summed E-state index contributed by atoms with van der Waals surface area (Å²) < 4.78 is 0. The molecule has 0 saturated carbocycles. The number of amides is 1. The van der Waals surface area contributed by atoms with Crippen LogP contribution in [-0.4, -0.2) is 28.9 Å². The van der Waals surface area contributed by atoms with Gasteiger partial charge in [-0.3, -0.25) is 4.79 Å². The van der Waals surface area contributed by atoms with Gasteiger partial charge >= 0.3 is 0 Å². The Hall–Kier alpha value is -1.42. The summed E-state index contributed by atoms with van der Waals surface area (Å²) in [5.74, 6) is 0.182. The van der Waals surface area contributed by atoms with Crippen molar-refractivity contribution in [1.29, 1.82) is 0 Å². The molecule has 1 heterocycles. The van der Waals surface area contributed by atoms with Crippen LogP contribution in [0.5, 0.6) is 0 Å². The van der Waals surface area contributed by atoms with E-state index >= 15 is 0 Å². The Kier molecular flexibility index (Phi) is 4.31. The highest BCUT2D eigenvalue weighted by Gasteiger charge is 2.24. The van der Waals surface area contributed by atoms with E-state index in [0.29, 0.717) is 18.0 Å². The Morgan fingerprint density at radius 3 is 2.67 bits per heavy atom. The highest BCUT2D eigenvalue weighted by molar-refractivity contribution is 7.80. The van der Waals surface area contributed by atoms with Crippen LogP contribution in [0.4, 0.5) is 0 Å². The standard InChI is InChI=1S/C14H18N2OS/c15-14(18)12(11-6-2-1-3-7-11)10-16-9-5-4-8-13(16)17/h1-3,6-7,12H,4-5,8-10H2,(H2,15,18). The number of thiocarbonyl (C=S) groups is 1. The van der Waals surface area contributed by atoms with E-state index in [1.807, 2.05) is 35.2 Å². The van der Waals surface area contributed by atoms with E-state index in [9.17, 15) is 4.79 Å². The third-order valence-electron chi connectivity index (χ3n) is 3.37. The minimum Gasteiger partial charge on any atom is -0.393 e. The number of piperidine rings is 1. The highest BCUT2D eigenvalue weighted by Crippen LogP contribution is 2.20. The van der Waals surface area contributed by atoms with Crippen molar-refractivity contribution in [2.45, 2.75) is 25.2 Å². The summed E-state index contributed by atoms with van der Waals surface area (Å²) in [7, 11) is 0. The molecule has 2 rings (SSSR count). The quantitative estimate of drug-likeness (QED) is 0.845. The number of benzene rings is 1. The van der Waals surface area contributed by atoms with Gasteiger partial charge < -0.3 is 10.6 Å². The molecule has 0 aliphatic carbocycles. The summed E-state index contributed by atoms with van der Waals surface area (Å²) in [4.78, 5) is 14.2. The van der Waals surface area contributed by atoms with Crippen LogP contribution in [0.15, 0.2) is 30.3 Å². The maximum atomic E-state index is 11.8. The third kappa shape index (κ3) is 3.07. The molecule has 1 aliphatic heterocycles. The first-order valence-electron chi connectivity index (χ1n) is 6.30. The van der Waals surface area contributed by atoms with E-state index in [2.05, 4.69) is 0 Å². The lowest BCUT2D eigenvalue weighted by Crippen LogP contribution is -2.40. The monoisotopic (exact) mass is 262 g/mol. The van der Waals surface area contributed by atoms with Crippen LogP contribution in [-0.2, 0) is 4.79 Å². The number of carbonyl (C=O) groups excluding carboxylic acids is 1. The largest absolute Gasteiger partial charge is 0.393 e. The summed E-state index contributed by atoms with van der Waals surface area (Å²) in [6.45, 7) is 1.43. The van der Waals surface area contributed by atoms with E-state index < -0.39 is 0 Å². The number of nitrogens with zero attached hydrogens (tertiary/aromatic N) is 1. The van der Waals surface area contributed by atoms with Crippen molar-refractivity contribution < 1.29 is 4.79 Å². The van der Waals surface area contributed by atoms with Crippen LogP contribution < -0.4 is 5.73 Å². The Morgan fingerprint density at radius 2 is 2.06 bits per heavy atom. The van der Waals surface area contributed by atoms with Gasteiger partial charge in [-0.2, -0.15) is 0 Å². The number of nitrogens with two attached hydrogens (primary N) is 1. The molecule has 3 nitrogen and oxygen atoms in total. The number of likely N-dealkylation sites (tertiary alicyclic amines) is 1. The van der Waals surface area contributed by atoms with E-state index in [4.69, 9.17) is 18.0 Å². The van der Waals surface area contributed by atoms with Crippen molar-refractivity contribution in [3.8, 4) is 0 Å². The molecule has 1 aromatic rings. The fourth-order valence-corrected chi connectivity index (χ4v) is 2.53. The fourth-order valence-electron chi connectivity index (χ4n) is 2.32. The molecule has 0 aromatic heterocycles. The molecule has 1 fully saturated rings. The average molecular weight is 262 g/mol. The molecule has 1 unspecified atom stereocenters. The zero-order chi connectivity index (χ0) is 13.0. The second kappa shape index (κ2) is 5.96. The molecule has 4 heteroatoms. The molecule has 1 amide bonds. The molecule has 0 radical (unpaired) electrons. The Balaban J connectivity index is 2.12. The first-order valence-corrected chi connectivity index (χ1v) is 6.71. The van der Waals surface area contributed by atoms with Gasteiger partial charge in [0.2, 0.25) is 5.91 Å². The lowest BCUT2D eigenvalue weighted by molar-refractivity contribution is -0.133. The van der Waals surface area contributed by atoms with Crippen molar-refractivity contribution in [3.63, 3.8) is 0 Å². The maximum absolute atomic E-state index is 11.8. The van der Waals surface area contributed by atoms with Crippen molar-refractivity contribution in [1.82, 2.24) is 4.90 Å². The Labute approximate surface area is 113 Å². The molecule has 18 heavy (non-hydrogen) atoms. The Bertz CT molecular complexity index is 433. The van der Waals surface area contributed by atoms with Crippen LogP contribution in [0.1, 0.15) is 30.7 Å². The van der Waals surface area contributed by atoms with Crippen LogP contribution in [0, 0.1) is 0 Å². The van der Waals surface area contributed by atoms with E-state index in [-0.39, 0.29) is 11.8 Å². The summed E-state index contributed by atoms with van der Waals surface area (Å²) in [5, 5.41) is 0. The number of hydrogen-bond acceptors (Lipinski definition) is 2. The number of rotatable bonds is 4.